The number of nitrogens with zero attached hydrogens (tertiary/aromatic N) is 1. The van der Waals surface area contributed by atoms with E-state index in [0.717, 1.165) is 0 Å². The molecule has 1 aromatic carbocycles. The van der Waals surface area contributed by atoms with E-state index < -0.39 is 12.2 Å². The van der Waals surface area contributed by atoms with Crippen LogP contribution in [0.3, 0.4) is 0 Å². The molecule has 0 radical (unpaired) electrons. The first-order chi connectivity index (χ1) is 9.30. The summed E-state index contributed by atoms with van der Waals surface area (Å²) in [5, 5.41) is 12.8. The van der Waals surface area contributed by atoms with Crippen LogP contribution in [-0.4, -0.2) is 42.4 Å². The van der Waals surface area contributed by atoms with Crippen molar-refractivity contribution in [3.8, 4) is 5.75 Å². The fourth-order valence-electron chi connectivity index (χ4n) is 2.29. The average Bonchev–Trinajstić information content (AvgIpc) is 2.35. The summed E-state index contributed by atoms with van der Waals surface area (Å²) in [7, 11) is 0. The van der Waals surface area contributed by atoms with Gasteiger partial charge in [0.1, 0.15) is 11.8 Å². The topological polar surface area (TPSA) is 35.5 Å². The predicted molar refractivity (Wildman–Crippen MR) is 101 cm³/mol. The van der Waals surface area contributed by atoms with Crippen molar-refractivity contribution in [3.05, 3.63) is 24.8 Å². The first kappa shape index (κ1) is 22.8. The lowest BCUT2D eigenvalue weighted by Crippen LogP contribution is -2.49. The first-order valence-electron chi connectivity index (χ1n) is 6.00. The van der Waals surface area contributed by atoms with Crippen LogP contribution in [0.1, 0.15) is 11.6 Å². The van der Waals surface area contributed by atoms with Crippen molar-refractivity contribution in [3.63, 3.8) is 0 Å². The lowest BCUT2D eigenvalue weighted by molar-refractivity contribution is -0.187. The summed E-state index contributed by atoms with van der Waals surface area (Å²) in [6, 6.07) is 1.21. The fraction of sp³-hybridized carbons (Fsp3) is 0.500. The number of alkyl halides is 3. The minimum atomic E-state index is -4.33. The number of piperazine rings is 1. The van der Waals surface area contributed by atoms with Crippen LogP contribution in [0.5, 0.6) is 5.75 Å². The molecule has 3 nitrogen and oxygen atoms in total. The lowest BCUT2D eigenvalue weighted by Gasteiger charge is -2.36. The molecule has 1 saturated heterocycles. The Hall–Kier alpha value is 0.770. The Kier molecular flexibility index (Phi) is 9.63. The quantitative estimate of drug-likeness (QED) is 0.517. The van der Waals surface area contributed by atoms with E-state index in [4.69, 9.17) is 0 Å². The van der Waals surface area contributed by atoms with Gasteiger partial charge in [-0.3, -0.25) is 4.90 Å². The van der Waals surface area contributed by atoms with Crippen LogP contribution in [0.25, 0.3) is 0 Å². The summed E-state index contributed by atoms with van der Waals surface area (Å²) in [6.07, 6.45) is -4.33. The number of hydrogen-bond donors (Lipinski definition) is 2. The van der Waals surface area contributed by atoms with Crippen molar-refractivity contribution in [1.82, 2.24) is 10.2 Å². The second kappa shape index (κ2) is 9.30. The van der Waals surface area contributed by atoms with E-state index in [1.165, 1.54) is 17.0 Å². The van der Waals surface area contributed by atoms with E-state index >= 15 is 0 Å². The van der Waals surface area contributed by atoms with Crippen LogP contribution in [0, 0.1) is 7.14 Å². The molecule has 1 atom stereocenters. The maximum absolute atomic E-state index is 13.4. The summed E-state index contributed by atoms with van der Waals surface area (Å²) in [4.78, 5) is 1.44. The number of phenols is 1. The van der Waals surface area contributed by atoms with Gasteiger partial charge in [-0.2, -0.15) is 13.2 Å². The minimum Gasteiger partial charge on any atom is -0.506 e. The fourth-order valence-corrected chi connectivity index (χ4v) is 4.11. The largest absolute Gasteiger partial charge is 0.506 e. The van der Waals surface area contributed by atoms with Crippen LogP contribution in [0.4, 0.5) is 13.2 Å². The Morgan fingerprint density at radius 3 is 1.95 bits per heavy atom. The van der Waals surface area contributed by atoms with Gasteiger partial charge < -0.3 is 10.4 Å². The maximum atomic E-state index is 13.4. The van der Waals surface area contributed by atoms with E-state index in [0.29, 0.717) is 33.3 Å². The number of phenolic OH excluding ortho intramolecular Hbond substituents is 1. The summed E-state index contributed by atoms with van der Waals surface area (Å²) in [6.45, 7) is 1.83. The Bertz CT molecular complexity index is 477. The van der Waals surface area contributed by atoms with Gasteiger partial charge in [0.15, 0.2) is 0 Å². The van der Waals surface area contributed by atoms with Gasteiger partial charge >= 0.3 is 6.18 Å². The van der Waals surface area contributed by atoms with Crippen molar-refractivity contribution >= 4 is 70.0 Å². The van der Waals surface area contributed by atoms with Crippen LogP contribution >= 0.6 is 70.0 Å². The van der Waals surface area contributed by atoms with E-state index in [2.05, 4.69) is 5.32 Å². The smallest absolute Gasteiger partial charge is 0.408 e. The zero-order valence-electron chi connectivity index (χ0n) is 11.2. The highest BCUT2D eigenvalue weighted by Crippen LogP contribution is 2.40. The molecule has 0 aliphatic carbocycles. The molecule has 0 spiro atoms. The summed E-state index contributed by atoms with van der Waals surface area (Å²) < 4.78 is 41.2. The molecule has 0 unspecified atom stereocenters. The summed E-state index contributed by atoms with van der Waals surface area (Å²) in [5.74, 6) is 0.0381. The third-order valence-electron chi connectivity index (χ3n) is 3.18. The van der Waals surface area contributed by atoms with Gasteiger partial charge in [0.05, 0.1) is 7.14 Å². The molecule has 2 N–H and O–H groups in total. The number of rotatable bonds is 2. The molecule has 0 amide bonds. The normalized spacial score (nSPS) is 17.3. The Labute approximate surface area is 166 Å². The molecule has 128 valence electrons. The van der Waals surface area contributed by atoms with Gasteiger partial charge in [-0.25, -0.2) is 0 Å². The predicted octanol–water partition coefficient (Wildman–Crippen LogP) is 3.95. The second-order valence-corrected chi connectivity index (χ2v) is 6.89. The molecule has 1 aromatic rings. The molecule has 1 fully saturated rings. The monoisotopic (exact) mass is 584 g/mol. The summed E-state index contributed by atoms with van der Waals surface area (Å²) in [5.41, 5.74) is 0.186. The Morgan fingerprint density at radius 2 is 1.55 bits per heavy atom. The van der Waals surface area contributed by atoms with Gasteiger partial charge in [-0.1, -0.05) is 0 Å². The van der Waals surface area contributed by atoms with Gasteiger partial charge in [0, 0.05) is 26.2 Å². The van der Waals surface area contributed by atoms with Gasteiger partial charge in [-0.15, -0.1) is 24.8 Å². The molecule has 0 bridgehead atoms. The molecule has 1 aliphatic rings. The standard InChI is InChI=1S/C12H13F3I2N2O.2ClH/c13-12(14,15)11(19-3-1-18-2-4-19)7-5-8(16)10(20)9(17)6-7;;/h5-6,11,18,20H,1-4H2;2*1H/t11-;;/m0../s1. The van der Waals surface area contributed by atoms with Crippen molar-refractivity contribution in [2.75, 3.05) is 26.2 Å². The Balaban J connectivity index is 0.00000220. The lowest BCUT2D eigenvalue weighted by atomic mass is 10.0. The van der Waals surface area contributed by atoms with Crippen LogP contribution in [-0.2, 0) is 0 Å². The average molecular weight is 585 g/mol. The molecule has 1 heterocycles. The minimum absolute atomic E-state index is 0. The van der Waals surface area contributed by atoms with Gasteiger partial charge in [0.25, 0.3) is 0 Å². The van der Waals surface area contributed by atoms with Gasteiger partial charge in [-0.05, 0) is 62.9 Å². The SMILES string of the molecule is Cl.Cl.Oc1c(I)cc([C@H](N2CCNCC2)C(F)(F)F)cc1I. The van der Waals surface area contributed by atoms with Gasteiger partial charge in [0.2, 0.25) is 0 Å². The molecule has 2 rings (SSSR count). The second-order valence-electron chi connectivity index (χ2n) is 4.56. The summed E-state index contributed by atoms with van der Waals surface area (Å²) >= 11 is 3.71. The molecule has 0 aromatic heterocycles. The molecule has 10 heteroatoms. The van der Waals surface area contributed by atoms with Crippen molar-refractivity contribution in [2.24, 2.45) is 0 Å². The molecule has 1 aliphatic heterocycles. The Morgan fingerprint density at radius 1 is 1.09 bits per heavy atom. The third-order valence-corrected chi connectivity index (χ3v) is 4.83. The van der Waals surface area contributed by atoms with E-state index in [9.17, 15) is 18.3 Å². The molecular weight excluding hydrogens is 570 g/mol. The first-order valence-corrected chi connectivity index (χ1v) is 8.16. The number of aromatic hydroxyl groups is 1. The number of nitrogens with one attached hydrogen (secondary N) is 1. The van der Waals surface area contributed by atoms with Crippen molar-refractivity contribution < 1.29 is 18.3 Å². The number of halogens is 7. The van der Waals surface area contributed by atoms with E-state index in [-0.39, 0.29) is 36.1 Å². The zero-order valence-corrected chi connectivity index (χ0v) is 17.1. The number of hydrogen-bond acceptors (Lipinski definition) is 3. The maximum Gasteiger partial charge on any atom is 0.408 e. The highest BCUT2D eigenvalue weighted by Gasteiger charge is 2.45. The highest BCUT2D eigenvalue weighted by molar-refractivity contribution is 14.1. The van der Waals surface area contributed by atoms with Crippen LogP contribution in [0.15, 0.2) is 12.1 Å². The highest BCUT2D eigenvalue weighted by atomic mass is 127. The molecule has 22 heavy (non-hydrogen) atoms. The molecule has 0 saturated carbocycles. The molecular formula is C12H15Cl2F3I2N2O. The third kappa shape index (κ3) is 5.40. The van der Waals surface area contributed by atoms with Crippen molar-refractivity contribution in [2.45, 2.75) is 12.2 Å². The van der Waals surface area contributed by atoms with E-state index in [1.54, 1.807) is 0 Å². The van der Waals surface area contributed by atoms with E-state index in [1.807, 2.05) is 45.2 Å². The van der Waals surface area contributed by atoms with Crippen LogP contribution < -0.4 is 5.32 Å². The van der Waals surface area contributed by atoms with Crippen molar-refractivity contribution in [1.29, 1.82) is 0 Å². The number of benzene rings is 1. The van der Waals surface area contributed by atoms with Crippen LogP contribution in [0.2, 0.25) is 0 Å². The zero-order chi connectivity index (χ0) is 14.9.